The number of carbonyl (C=O) groups excluding carboxylic acids is 1. The van der Waals surface area contributed by atoms with E-state index in [-0.39, 0.29) is 11.5 Å². The maximum atomic E-state index is 13.6. The maximum Gasteiger partial charge on any atom is 0.270 e. The van der Waals surface area contributed by atoms with Crippen LogP contribution in [0.5, 0.6) is 0 Å². The molecule has 0 bridgehead atoms. The van der Waals surface area contributed by atoms with E-state index in [0.717, 1.165) is 23.7 Å². The Hall–Kier alpha value is -2.48. The van der Waals surface area contributed by atoms with E-state index in [1.54, 1.807) is 19.2 Å². The minimum Gasteiger partial charge on any atom is -0.355 e. The van der Waals surface area contributed by atoms with E-state index in [0.29, 0.717) is 28.7 Å². The summed E-state index contributed by atoms with van der Waals surface area (Å²) in [6.07, 6.45) is 2.10. The maximum absolute atomic E-state index is 13.6. The minimum absolute atomic E-state index is 0.0145. The molecule has 3 rings (SSSR count). The quantitative estimate of drug-likeness (QED) is 0.476. The molecule has 1 aliphatic heterocycles. The van der Waals surface area contributed by atoms with Gasteiger partial charge in [0.15, 0.2) is 0 Å². The van der Waals surface area contributed by atoms with Crippen molar-refractivity contribution in [1.82, 2.24) is 15.3 Å². The number of halogens is 2. The van der Waals surface area contributed by atoms with Crippen LogP contribution in [-0.4, -0.2) is 29.5 Å². The van der Waals surface area contributed by atoms with E-state index >= 15 is 0 Å². The molecule has 27 heavy (non-hydrogen) atoms. The molecule has 1 aliphatic rings. The van der Waals surface area contributed by atoms with Crippen LogP contribution in [0.3, 0.4) is 0 Å². The van der Waals surface area contributed by atoms with E-state index < -0.39 is 5.92 Å². The number of anilines is 2. The van der Waals surface area contributed by atoms with Crippen molar-refractivity contribution in [2.75, 3.05) is 18.5 Å². The van der Waals surface area contributed by atoms with Gasteiger partial charge in [0.25, 0.3) is 11.8 Å². The summed E-state index contributed by atoms with van der Waals surface area (Å²) in [6.45, 7) is 7.19. The fourth-order valence-electron chi connectivity index (χ4n) is 3.00. The van der Waals surface area contributed by atoms with Gasteiger partial charge in [-0.3, -0.25) is 4.79 Å². The van der Waals surface area contributed by atoms with E-state index in [1.807, 2.05) is 11.8 Å². The van der Waals surface area contributed by atoms with Gasteiger partial charge in [-0.05, 0) is 31.0 Å². The molecule has 0 saturated carbocycles. The summed E-state index contributed by atoms with van der Waals surface area (Å²) in [5.74, 6) is -2.43. The second-order valence-electron chi connectivity index (χ2n) is 6.37. The first-order chi connectivity index (χ1) is 12.7. The second-order valence-corrected chi connectivity index (χ2v) is 7.45. The number of aromatic nitrogens is 2. The van der Waals surface area contributed by atoms with Crippen molar-refractivity contribution in [3.05, 3.63) is 52.7 Å². The van der Waals surface area contributed by atoms with Crippen LogP contribution in [-0.2, 0) is 17.1 Å². The average Bonchev–Trinajstić information content (AvgIpc) is 3.05. The molecule has 5 nitrogen and oxygen atoms in total. The number of fused-ring (bicyclic) bond motifs is 1. The lowest BCUT2D eigenvalue weighted by atomic mass is 10.0. The first-order valence-electron chi connectivity index (χ1n) is 8.41. The van der Waals surface area contributed by atoms with Gasteiger partial charge in [-0.2, -0.15) is 0 Å². The zero-order valence-corrected chi connectivity index (χ0v) is 16.2. The van der Waals surface area contributed by atoms with Gasteiger partial charge in [-0.1, -0.05) is 24.4 Å². The van der Waals surface area contributed by atoms with Crippen LogP contribution in [0.4, 0.5) is 20.3 Å². The first-order valence-corrected chi connectivity index (χ1v) is 9.23. The molecule has 1 N–H and O–H groups in total. The number of thioether (sulfide) groups is 1. The Morgan fingerprint density at radius 1 is 1.37 bits per heavy atom. The number of nitrogens with zero attached hydrogens (tertiary/aromatic N) is 3. The summed E-state index contributed by atoms with van der Waals surface area (Å²) in [7, 11) is 1.54. The van der Waals surface area contributed by atoms with Crippen LogP contribution in [0.1, 0.15) is 23.6 Å². The lowest BCUT2D eigenvalue weighted by Crippen LogP contribution is -2.19. The van der Waals surface area contributed by atoms with Crippen LogP contribution in [0.25, 0.3) is 0 Å². The van der Waals surface area contributed by atoms with Gasteiger partial charge in [0.1, 0.15) is 17.2 Å². The van der Waals surface area contributed by atoms with E-state index in [2.05, 4.69) is 21.9 Å². The monoisotopic (exact) mass is 390 g/mol. The zero-order valence-electron chi connectivity index (χ0n) is 15.3. The van der Waals surface area contributed by atoms with Crippen LogP contribution < -0.4 is 10.2 Å². The van der Waals surface area contributed by atoms with Crippen LogP contribution in [0, 0.1) is 6.92 Å². The highest BCUT2D eigenvalue weighted by atomic mass is 32.2. The molecule has 0 atom stereocenters. The average molecular weight is 390 g/mol. The van der Waals surface area contributed by atoms with Crippen LogP contribution in [0.2, 0.25) is 0 Å². The van der Waals surface area contributed by atoms with E-state index in [9.17, 15) is 13.6 Å². The Morgan fingerprint density at radius 3 is 2.78 bits per heavy atom. The van der Waals surface area contributed by atoms with E-state index in [1.165, 1.54) is 24.2 Å². The molecular weight excluding hydrogens is 370 g/mol. The second kappa shape index (κ2) is 7.26. The molecule has 8 heteroatoms. The lowest BCUT2D eigenvalue weighted by molar-refractivity contribution is -0.116. The molecule has 2 heterocycles. The number of benzene rings is 1. The Balaban J connectivity index is 1.92. The molecule has 0 spiro atoms. The van der Waals surface area contributed by atoms with Gasteiger partial charge in [-0.25, -0.2) is 18.7 Å². The highest BCUT2D eigenvalue weighted by molar-refractivity contribution is 8.04. The normalized spacial score (nSPS) is 13.4. The van der Waals surface area contributed by atoms with E-state index in [4.69, 9.17) is 0 Å². The summed E-state index contributed by atoms with van der Waals surface area (Å²) in [4.78, 5) is 22.7. The number of nitrogens with one attached hydrogen (secondary N) is 1. The SMILES string of the molecule is C=C(Sc1ncnc(N2CCc3cc(C(C)(F)F)ccc32)c1C)C(=O)NC. The summed E-state index contributed by atoms with van der Waals surface area (Å²) in [5, 5.41) is 3.17. The lowest BCUT2D eigenvalue weighted by Gasteiger charge is -2.22. The van der Waals surface area contributed by atoms with Gasteiger partial charge in [0.2, 0.25) is 0 Å². The smallest absolute Gasteiger partial charge is 0.270 e. The third-order valence-corrected chi connectivity index (χ3v) is 5.49. The molecule has 0 aliphatic carbocycles. The Labute approximate surface area is 160 Å². The summed E-state index contributed by atoms with van der Waals surface area (Å²) in [5.41, 5.74) is 2.56. The van der Waals surface area contributed by atoms with Crippen LogP contribution in [0.15, 0.2) is 41.0 Å². The van der Waals surface area contributed by atoms with Gasteiger partial charge in [0.05, 0.1) is 4.91 Å². The summed E-state index contributed by atoms with van der Waals surface area (Å²) < 4.78 is 27.2. The predicted molar refractivity (Wildman–Crippen MR) is 103 cm³/mol. The molecule has 1 aromatic heterocycles. The first kappa shape index (κ1) is 19.3. The Kier molecular flexibility index (Phi) is 5.19. The fraction of sp³-hybridized carbons (Fsp3) is 0.316. The topological polar surface area (TPSA) is 58.1 Å². The van der Waals surface area contributed by atoms with Crippen molar-refractivity contribution in [2.45, 2.75) is 31.2 Å². The molecule has 2 aromatic rings. The van der Waals surface area contributed by atoms with Gasteiger partial charge < -0.3 is 10.2 Å². The third kappa shape index (κ3) is 3.80. The Morgan fingerprint density at radius 2 is 2.11 bits per heavy atom. The molecule has 0 fully saturated rings. The molecule has 0 saturated heterocycles. The fourth-order valence-corrected chi connectivity index (χ4v) is 3.77. The van der Waals surface area contributed by atoms with Gasteiger partial charge >= 0.3 is 0 Å². The number of rotatable bonds is 5. The number of alkyl halides is 2. The van der Waals surface area contributed by atoms with Gasteiger partial charge in [0, 0.05) is 37.3 Å². The molecule has 0 radical (unpaired) electrons. The van der Waals surface area contributed by atoms with Crippen molar-refractivity contribution in [2.24, 2.45) is 0 Å². The molecule has 1 amide bonds. The van der Waals surface area contributed by atoms with Crippen molar-refractivity contribution in [3.8, 4) is 0 Å². The molecule has 142 valence electrons. The van der Waals surface area contributed by atoms with Crippen molar-refractivity contribution in [3.63, 3.8) is 0 Å². The standard InChI is InChI=1S/C19H20F2N4OS/c1-11-16(23-10-24-18(11)27-12(2)17(26)22-4)25-8-7-13-9-14(19(3,20)21)5-6-15(13)25/h5-6,9-10H,2,7-8H2,1,3-4H3,(H,22,26). The molecule has 0 unspecified atom stereocenters. The number of carbonyl (C=O) groups is 1. The summed E-state index contributed by atoms with van der Waals surface area (Å²) >= 11 is 1.18. The number of amides is 1. The predicted octanol–water partition coefficient (Wildman–Crippen LogP) is 3.94. The molecule has 1 aromatic carbocycles. The summed E-state index contributed by atoms with van der Waals surface area (Å²) in [6, 6.07) is 4.73. The highest BCUT2D eigenvalue weighted by Gasteiger charge is 2.29. The van der Waals surface area contributed by atoms with Gasteiger partial charge in [-0.15, -0.1) is 0 Å². The van der Waals surface area contributed by atoms with Crippen LogP contribution >= 0.6 is 11.8 Å². The Bertz CT molecular complexity index is 911. The zero-order chi connectivity index (χ0) is 19.8. The van der Waals surface area contributed by atoms with Crippen molar-refractivity contribution < 1.29 is 13.6 Å². The third-order valence-electron chi connectivity index (χ3n) is 4.45. The number of hydrogen-bond acceptors (Lipinski definition) is 5. The highest BCUT2D eigenvalue weighted by Crippen LogP contribution is 2.40. The van der Waals surface area contributed by atoms with Crippen molar-refractivity contribution in [1.29, 1.82) is 0 Å². The minimum atomic E-state index is -2.86. The number of hydrogen-bond donors (Lipinski definition) is 1. The largest absolute Gasteiger partial charge is 0.355 e. The number of likely N-dealkylation sites (N-methyl/N-ethyl adjacent to an activating group) is 1. The van der Waals surface area contributed by atoms with Crippen molar-refractivity contribution >= 4 is 29.2 Å². The molecular formula is C19H20F2N4OS.